The molecule has 4 rings (SSSR count). The molecule has 0 amide bonds. The summed E-state index contributed by atoms with van der Waals surface area (Å²) in [5.74, 6) is 0. The zero-order valence-corrected chi connectivity index (χ0v) is 19.6. The molecule has 2 aliphatic heterocycles. The van der Waals surface area contributed by atoms with Gasteiger partial charge < -0.3 is 14.7 Å². The Morgan fingerprint density at radius 2 is 1.81 bits per heavy atom. The van der Waals surface area contributed by atoms with Crippen LogP contribution in [0.15, 0.2) is 46.0 Å². The van der Waals surface area contributed by atoms with Crippen molar-refractivity contribution in [1.82, 2.24) is 9.21 Å². The minimum absolute atomic E-state index is 0.148. The highest BCUT2D eigenvalue weighted by Crippen LogP contribution is 2.39. The number of nitrogens with zero attached hydrogens (tertiary/aromatic N) is 3. The van der Waals surface area contributed by atoms with Gasteiger partial charge in [-0.1, -0.05) is 18.2 Å². The number of hydrogen-bond acceptors (Lipinski definition) is 7. The molecule has 0 saturated carbocycles. The molecule has 2 aliphatic rings. The highest BCUT2D eigenvalue weighted by Gasteiger charge is 2.51. The maximum atomic E-state index is 13.2. The number of ether oxygens (including phenoxy) is 1. The minimum atomic E-state index is -4.72. The molecule has 1 aromatic carbocycles. The summed E-state index contributed by atoms with van der Waals surface area (Å²) < 4.78 is 48.7. The normalized spacial score (nSPS) is 23.3. The SMILES string of the molecule is CC(O)(c1ccc(N2CCN(Sc3cccs3)CC2CN2CCOCC2)cc1)C(F)(F)F. The van der Waals surface area contributed by atoms with E-state index in [-0.39, 0.29) is 11.6 Å². The molecule has 0 spiro atoms. The average molecular weight is 488 g/mol. The van der Waals surface area contributed by atoms with Crippen molar-refractivity contribution in [2.24, 2.45) is 0 Å². The van der Waals surface area contributed by atoms with Crippen LogP contribution in [0, 0.1) is 0 Å². The van der Waals surface area contributed by atoms with Crippen molar-refractivity contribution >= 4 is 29.0 Å². The molecule has 32 heavy (non-hydrogen) atoms. The van der Waals surface area contributed by atoms with Crippen LogP contribution in [0.3, 0.4) is 0 Å². The molecule has 2 atom stereocenters. The van der Waals surface area contributed by atoms with Crippen LogP contribution in [0.1, 0.15) is 12.5 Å². The summed E-state index contributed by atoms with van der Waals surface area (Å²) in [5.41, 5.74) is -2.13. The van der Waals surface area contributed by atoms with E-state index in [4.69, 9.17) is 4.74 Å². The van der Waals surface area contributed by atoms with E-state index in [1.165, 1.54) is 16.3 Å². The van der Waals surface area contributed by atoms with Crippen LogP contribution in [-0.2, 0) is 10.3 Å². The van der Waals surface area contributed by atoms with Gasteiger partial charge in [-0.3, -0.25) is 4.90 Å². The molecule has 0 bridgehead atoms. The van der Waals surface area contributed by atoms with Gasteiger partial charge in [-0.2, -0.15) is 13.2 Å². The van der Waals surface area contributed by atoms with Crippen molar-refractivity contribution in [3.8, 4) is 0 Å². The standard InChI is InChI=1S/C22H28F3N3O2S2/c1-21(29,22(23,24)25)17-4-6-18(7-5-17)28-9-8-27(32-20-3-2-14-31-20)16-19(28)15-26-10-12-30-13-11-26/h2-7,14,19,29H,8-13,15-16H2,1H3. The van der Waals surface area contributed by atoms with Crippen LogP contribution >= 0.6 is 23.3 Å². The van der Waals surface area contributed by atoms with E-state index in [9.17, 15) is 18.3 Å². The van der Waals surface area contributed by atoms with E-state index in [0.29, 0.717) is 0 Å². The summed E-state index contributed by atoms with van der Waals surface area (Å²) in [6.45, 7) is 7.36. The predicted octanol–water partition coefficient (Wildman–Crippen LogP) is 4.05. The van der Waals surface area contributed by atoms with Gasteiger partial charge in [0.15, 0.2) is 5.60 Å². The number of hydrogen-bond donors (Lipinski definition) is 1. The fourth-order valence-electron chi connectivity index (χ4n) is 4.07. The third-order valence-corrected chi connectivity index (χ3v) is 8.13. The van der Waals surface area contributed by atoms with Gasteiger partial charge in [0.25, 0.3) is 0 Å². The van der Waals surface area contributed by atoms with Crippen molar-refractivity contribution in [2.45, 2.75) is 29.0 Å². The smallest absolute Gasteiger partial charge is 0.379 e. The highest BCUT2D eigenvalue weighted by atomic mass is 32.2. The molecule has 2 saturated heterocycles. The van der Waals surface area contributed by atoms with Gasteiger partial charge in [0.05, 0.1) is 23.5 Å². The monoisotopic (exact) mass is 487 g/mol. The van der Waals surface area contributed by atoms with Crippen LogP contribution in [0.5, 0.6) is 0 Å². The number of halogens is 3. The van der Waals surface area contributed by atoms with Gasteiger partial charge in [-0.15, -0.1) is 11.3 Å². The largest absolute Gasteiger partial charge is 0.421 e. The second-order valence-electron chi connectivity index (χ2n) is 8.29. The molecule has 1 N–H and O–H groups in total. The first-order valence-electron chi connectivity index (χ1n) is 10.7. The first kappa shape index (κ1) is 23.8. The Morgan fingerprint density at radius 1 is 1.09 bits per heavy atom. The molecule has 2 fully saturated rings. The Hall–Kier alpha value is -1.30. The lowest BCUT2D eigenvalue weighted by molar-refractivity contribution is -0.258. The number of morpholine rings is 1. The fourth-order valence-corrected chi connectivity index (χ4v) is 5.99. The molecule has 10 heteroatoms. The predicted molar refractivity (Wildman–Crippen MR) is 122 cm³/mol. The Labute approximate surface area is 194 Å². The number of benzene rings is 1. The molecular weight excluding hydrogens is 459 g/mol. The van der Waals surface area contributed by atoms with Crippen molar-refractivity contribution in [1.29, 1.82) is 0 Å². The fraction of sp³-hybridized carbons (Fsp3) is 0.545. The summed E-state index contributed by atoms with van der Waals surface area (Å²) in [4.78, 5) is 4.68. The molecule has 1 aromatic heterocycles. The molecule has 2 unspecified atom stereocenters. The first-order valence-corrected chi connectivity index (χ1v) is 12.3. The van der Waals surface area contributed by atoms with Gasteiger partial charge >= 0.3 is 6.18 Å². The molecule has 2 aromatic rings. The van der Waals surface area contributed by atoms with E-state index in [1.54, 1.807) is 35.4 Å². The number of anilines is 1. The summed E-state index contributed by atoms with van der Waals surface area (Å²) in [6, 6.07) is 10.5. The van der Waals surface area contributed by atoms with Crippen LogP contribution < -0.4 is 4.90 Å². The molecule has 3 heterocycles. The van der Waals surface area contributed by atoms with Crippen molar-refractivity contribution in [3.05, 3.63) is 47.3 Å². The number of aliphatic hydroxyl groups is 1. The summed E-state index contributed by atoms with van der Waals surface area (Å²) in [6.07, 6.45) is -4.72. The molecule has 5 nitrogen and oxygen atoms in total. The quantitative estimate of drug-likeness (QED) is 0.620. The number of alkyl halides is 3. The third-order valence-electron chi connectivity index (χ3n) is 6.05. The molecule has 0 aliphatic carbocycles. The number of piperazine rings is 1. The lowest BCUT2D eigenvalue weighted by Crippen LogP contribution is -2.56. The summed E-state index contributed by atoms with van der Waals surface area (Å²) >= 11 is 3.49. The van der Waals surface area contributed by atoms with Crippen LogP contribution in [0.25, 0.3) is 0 Å². The maximum Gasteiger partial charge on any atom is 0.421 e. The summed E-state index contributed by atoms with van der Waals surface area (Å²) in [5, 5.41) is 12.1. The van der Waals surface area contributed by atoms with E-state index in [2.05, 4.69) is 25.6 Å². The van der Waals surface area contributed by atoms with Gasteiger partial charge in [0.1, 0.15) is 0 Å². The number of thiophene rings is 1. The van der Waals surface area contributed by atoms with Crippen molar-refractivity contribution in [2.75, 3.05) is 57.4 Å². The lowest BCUT2D eigenvalue weighted by atomic mass is 9.95. The minimum Gasteiger partial charge on any atom is -0.379 e. The van der Waals surface area contributed by atoms with Crippen molar-refractivity contribution < 1.29 is 23.0 Å². The third kappa shape index (κ3) is 5.43. The Bertz CT molecular complexity index is 856. The first-order chi connectivity index (χ1) is 15.2. The van der Waals surface area contributed by atoms with Crippen molar-refractivity contribution in [3.63, 3.8) is 0 Å². The van der Waals surface area contributed by atoms with Crippen LogP contribution in [0.2, 0.25) is 0 Å². The van der Waals surface area contributed by atoms with Gasteiger partial charge in [0.2, 0.25) is 0 Å². The van der Waals surface area contributed by atoms with E-state index < -0.39 is 11.8 Å². The molecule has 0 radical (unpaired) electrons. The van der Waals surface area contributed by atoms with Gasteiger partial charge in [-0.25, -0.2) is 4.31 Å². The second kappa shape index (κ2) is 9.90. The highest BCUT2D eigenvalue weighted by molar-refractivity contribution is 7.98. The Morgan fingerprint density at radius 3 is 2.44 bits per heavy atom. The zero-order valence-electron chi connectivity index (χ0n) is 17.9. The Kier molecular flexibility index (Phi) is 7.38. The maximum absolute atomic E-state index is 13.2. The zero-order chi connectivity index (χ0) is 22.8. The Balaban J connectivity index is 1.51. The van der Waals surface area contributed by atoms with Crippen LogP contribution in [0.4, 0.5) is 18.9 Å². The molecular formula is C22H28F3N3O2S2. The van der Waals surface area contributed by atoms with Crippen LogP contribution in [-0.4, -0.2) is 79.0 Å². The van der Waals surface area contributed by atoms with Gasteiger partial charge in [-0.05, 0) is 48.0 Å². The average Bonchev–Trinajstić information content (AvgIpc) is 3.27. The topological polar surface area (TPSA) is 39.2 Å². The van der Waals surface area contributed by atoms with E-state index >= 15 is 0 Å². The second-order valence-corrected chi connectivity index (χ2v) is 10.6. The van der Waals surface area contributed by atoms with E-state index in [0.717, 1.165) is 65.1 Å². The van der Waals surface area contributed by atoms with E-state index in [1.807, 2.05) is 6.07 Å². The number of rotatable bonds is 6. The lowest BCUT2D eigenvalue weighted by Gasteiger charge is -2.44. The van der Waals surface area contributed by atoms with Gasteiger partial charge in [0, 0.05) is 45.0 Å². The molecule has 176 valence electrons. The summed E-state index contributed by atoms with van der Waals surface area (Å²) in [7, 11) is 0.